The van der Waals surface area contributed by atoms with E-state index in [-0.39, 0.29) is 24.8 Å². The lowest BCUT2D eigenvalue weighted by Crippen LogP contribution is -2.46. The second-order valence-corrected chi connectivity index (χ2v) is 5.39. The van der Waals surface area contributed by atoms with Gasteiger partial charge in [0.05, 0.1) is 0 Å². The molecule has 2 aliphatic rings. The number of benzene rings is 1. The number of anilines is 1. The highest BCUT2D eigenvalue weighted by atomic mass is 35.5. The van der Waals surface area contributed by atoms with Crippen LogP contribution in [0.15, 0.2) is 30.9 Å². The largest absolute Gasteiger partial charge is 0.454 e. The Bertz CT molecular complexity index is 654. The number of hydrogen-bond acceptors (Lipinski definition) is 7. The Labute approximate surface area is 152 Å². The summed E-state index contributed by atoms with van der Waals surface area (Å²) in [6.07, 6.45) is 3.09. The second-order valence-electron chi connectivity index (χ2n) is 5.39. The van der Waals surface area contributed by atoms with Gasteiger partial charge in [0, 0.05) is 32.7 Å². The first-order chi connectivity index (χ1) is 10.9. The predicted molar refractivity (Wildman–Crippen MR) is 94.4 cm³/mol. The summed E-state index contributed by atoms with van der Waals surface area (Å²) in [5, 5.41) is 0. The van der Waals surface area contributed by atoms with Crippen LogP contribution in [0.25, 0.3) is 0 Å². The molecule has 2 aliphatic heterocycles. The van der Waals surface area contributed by atoms with Crippen molar-refractivity contribution in [3.8, 4) is 11.5 Å². The number of halogens is 2. The SMILES string of the molecule is Cl.Cl.c1ncnc(N2CCN(Cc3ccc4c(c3)OCO4)CC2)n1. The maximum absolute atomic E-state index is 5.43. The molecule has 0 bridgehead atoms. The van der Waals surface area contributed by atoms with E-state index in [9.17, 15) is 0 Å². The zero-order valence-corrected chi connectivity index (χ0v) is 14.6. The van der Waals surface area contributed by atoms with Crippen molar-refractivity contribution in [3.63, 3.8) is 0 Å². The molecule has 7 nitrogen and oxygen atoms in total. The molecular weight excluding hydrogens is 353 g/mol. The van der Waals surface area contributed by atoms with Gasteiger partial charge in [-0.3, -0.25) is 4.90 Å². The molecule has 1 aromatic heterocycles. The van der Waals surface area contributed by atoms with Crippen LogP contribution >= 0.6 is 24.8 Å². The molecule has 0 radical (unpaired) electrons. The summed E-state index contributed by atoms with van der Waals surface area (Å²) in [5.41, 5.74) is 1.25. The van der Waals surface area contributed by atoms with Crippen LogP contribution in [0, 0.1) is 0 Å². The van der Waals surface area contributed by atoms with E-state index in [0.29, 0.717) is 6.79 Å². The summed E-state index contributed by atoms with van der Waals surface area (Å²) in [6, 6.07) is 6.16. The minimum atomic E-state index is 0. The quantitative estimate of drug-likeness (QED) is 0.814. The molecule has 0 N–H and O–H groups in total. The Hall–Kier alpha value is -1.83. The van der Waals surface area contributed by atoms with Crippen LogP contribution in [0.3, 0.4) is 0 Å². The number of rotatable bonds is 3. The lowest BCUT2D eigenvalue weighted by atomic mass is 10.1. The van der Waals surface area contributed by atoms with E-state index >= 15 is 0 Å². The van der Waals surface area contributed by atoms with Gasteiger partial charge >= 0.3 is 0 Å². The Balaban J connectivity index is 0.00000104. The highest BCUT2D eigenvalue weighted by molar-refractivity contribution is 5.85. The lowest BCUT2D eigenvalue weighted by Gasteiger charge is -2.34. The van der Waals surface area contributed by atoms with Crippen molar-refractivity contribution in [1.29, 1.82) is 0 Å². The molecule has 2 aromatic rings. The van der Waals surface area contributed by atoms with Crippen molar-refractivity contribution >= 4 is 30.8 Å². The van der Waals surface area contributed by atoms with Crippen LogP contribution in [0.4, 0.5) is 5.95 Å². The van der Waals surface area contributed by atoms with Gasteiger partial charge in [-0.2, -0.15) is 0 Å². The first-order valence-electron chi connectivity index (χ1n) is 7.36. The molecule has 24 heavy (non-hydrogen) atoms. The summed E-state index contributed by atoms with van der Waals surface area (Å²) < 4.78 is 10.8. The fraction of sp³-hybridized carbons (Fsp3) is 0.400. The molecule has 4 rings (SSSR count). The number of aromatic nitrogens is 3. The van der Waals surface area contributed by atoms with E-state index < -0.39 is 0 Å². The Morgan fingerprint density at radius 2 is 1.62 bits per heavy atom. The van der Waals surface area contributed by atoms with E-state index in [1.807, 2.05) is 6.07 Å². The minimum absolute atomic E-state index is 0. The van der Waals surface area contributed by atoms with Gasteiger partial charge in [-0.05, 0) is 17.7 Å². The third-order valence-corrected chi connectivity index (χ3v) is 3.98. The second kappa shape index (κ2) is 8.32. The van der Waals surface area contributed by atoms with Crippen molar-refractivity contribution in [1.82, 2.24) is 19.9 Å². The highest BCUT2D eigenvalue weighted by Gasteiger charge is 2.20. The smallest absolute Gasteiger partial charge is 0.231 e. The van der Waals surface area contributed by atoms with Gasteiger partial charge in [0.25, 0.3) is 0 Å². The van der Waals surface area contributed by atoms with Gasteiger partial charge in [-0.15, -0.1) is 24.8 Å². The highest BCUT2D eigenvalue weighted by Crippen LogP contribution is 2.32. The zero-order chi connectivity index (χ0) is 14.8. The van der Waals surface area contributed by atoms with E-state index in [4.69, 9.17) is 9.47 Å². The number of ether oxygens (including phenoxy) is 2. The molecule has 1 aromatic carbocycles. The van der Waals surface area contributed by atoms with Gasteiger partial charge in [0.15, 0.2) is 11.5 Å². The van der Waals surface area contributed by atoms with Crippen LogP contribution in [-0.2, 0) is 6.54 Å². The number of nitrogens with zero attached hydrogens (tertiary/aromatic N) is 5. The summed E-state index contributed by atoms with van der Waals surface area (Å²) in [5.74, 6) is 2.45. The number of fused-ring (bicyclic) bond motifs is 1. The van der Waals surface area contributed by atoms with Crippen LogP contribution < -0.4 is 14.4 Å². The van der Waals surface area contributed by atoms with Crippen LogP contribution in [0.2, 0.25) is 0 Å². The topological polar surface area (TPSA) is 63.6 Å². The van der Waals surface area contributed by atoms with Gasteiger partial charge in [-0.1, -0.05) is 6.07 Å². The third kappa shape index (κ3) is 3.98. The van der Waals surface area contributed by atoms with Crippen LogP contribution in [0.5, 0.6) is 11.5 Å². The Morgan fingerprint density at radius 3 is 2.38 bits per heavy atom. The molecule has 0 unspecified atom stereocenters. The van der Waals surface area contributed by atoms with Gasteiger partial charge in [0.1, 0.15) is 12.7 Å². The molecule has 1 fully saturated rings. The summed E-state index contributed by atoms with van der Waals surface area (Å²) >= 11 is 0. The van der Waals surface area contributed by atoms with Gasteiger partial charge < -0.3 is 14.4 Å². The van der Waals surface area contributed by atoms with Crippen LogP contribution in [0.1, 0.15) is 5.56 Å². The summed E-state index contributed by atoms with van der Waals surface area (Å²) in [4.78, 5) is 16.9. The Morgan fingerprint density at radius 1 is 0.917 bits per heavy atom. The molecule has 0 saturated carbocycles. The molecule has 0 aliphatic carbocycles. The lowest BCUT2D eigenvalue weighted by molar-refractivity contribution is 0.174. The van der Waals surface area contributed by atoms with E-state index in [2.05, 4.69) is 36.9 Å². The first kappa shape index (κ1) is 18.5. The molecule has 0 atom stereocenters. The number of piperazine rings is 1. The van der Waals surface area contributed by atoms with E-state index in [0.717, 1.165) is 50.2 Å². The van der Waals surface area contributed by atoms with Gasteiger partial charge in [-0.25, -0.2) is 15.0 Å². The van der Waals surface area contributed by atoms with Crippen molar-refractivity contribution < 1.29 is 9.47 Å². The van der Waals surface area contributed by atoms with E-state index in [1.54, 1.807) is 12.7 Å². The van der Waals surface area contributed by atoms with Crippen molar-refractivity contribution in [2.45, 2.75) is 6.54 Å². The predicted octanol–water partition coefficient (Wildman–Crippen LogP) is 1.77. The monoisotopic (exact) mass is 371 g/mol. The maximum Gasteiger partial charge on any atom is 0.231 e. The molecule has 9 heteroatoms. The maximum atomic E-state index is 5.43. The molecule has 3 heterocycles. The van der Waals surface area contributed by atoms with Crippen molar-refractivity contribution in [3.05, 3.63) is 36.4 Å². The molecule has 0 amide bonds. The van der Waals surface area contributed by atoms with Crippen molar-refractivity contribution in [2.24, 2.45) is 0 Å². The normalized spacial score (nSPS) is 16.2. The molecule has 1 saturated heterocycles. The molecular formula is C15H19Cl2N5O2. The fourth-order valence-corrected chi connectivity index (χ4v) is 2.80. The standard InChI is InChI=1S/C15H17N5O2.2ClH/c1-2-13-14(22-11-21-13)7-12(1)8-19-3-5-20(6-4-19)15-17-9-16-10-18-15;;/h1-2,7,9-10H,3-6,8,11H2;2*1H. The van der Waals surface area contributed by atoms with Crippen molar-refractivity contribution in [2.75, 3.05) is 37.9 Å². The first-order valence-corrected chi connectivity index (χ1v) is 7.36. The average molecular weight is 372 g/mol. The average Bonchev–Trinajstić information content (AvgIpc) is 3.04. The summed E-state index contributed by atoms with van der Waals surface area (Å²) in [7, 11) is 0. The Kier molecular flexibility index (Phi) is 6.42. The molecule has 130 valence electrons. The van der Waals surface area contributed by atoms with Gasteiger partial charge in [0.2, 0.25) is 12.7 Å². The number of hydrogen-bond donors (Lipinski definition) is 0. The fourth-order valence-electron chi connectivity index (χ4n) is 2.80. The van der Waals surface area contributed by atoms with E-state index in [1.165, 1.54) is 5.56 Å². The third-order valence-electron chi connectivity index (χ3n) is 3.98. The molecule has 0 spiro atoms. The minimum Gasteiger partial charge on any atom is -0.454 e. The van der Waals surface area contributed by atoms with Crippen LogP contribution in [-0.4, -0.2) is 52.8 Å². The summed E-state index contributed by atoms with van der Waals surface area (Å²) in [6.45, 7) is 5.06. The zero-order valence-electron chi connectivity index (χ0n) is 13.0.